The molecular formula is C19H23N3O. The number of hydrogen-bond acceptors (Lipinski definition) is 3. The molecule has 120 valence electrons. The first kappa shape index (κ1) is 15.5. The number of carbonyl (C=O) groups is 1. The Morgan fingerprint density at radius 1 is 1.39 bits per heavy atom. The topological polar surface area (TPSA) is 45.2 Å². The fourth-order valence-electron chi connectivity index (χ4n) is 3.05. The number of pyridine rings is 1. The lowest BCUT2D eigenvalue weighted by molar-refractivity contribution is 0.0934. The Labute approximate surface area is 137 Å². The van der Waals surface area contributed by atoms with Gasteiger partial charge < -0.3 is 10.2 Å². The van der Waals surface area contributed by atoms with Gasteiger partial charge in [0.15, 0.2) is 0 Å². The van der Waals surface area contributed by atoms with Crippen LogP contribution in [0.2, 0.25) is 0 Å². The Bertz CT molecular complexity index is 713. The fourth-order valence-corrected chi connectivity index (χ4v) is 3.05. The van der Waals surface area contributed by atoms with Crippen LogP contribution in [0.5, 0.6) is 0 Å². The quantitative estimate of drug-likeness (QED) is 0.937. The van der Waals surface area contributed by atoms with Crippen LogP contribution in [-0.4, -0.2) is 23.0 Å². The Morgan fingerprint density at radius 3 is 2.96 bits per heavy atom. The molecular weight excluding hydrogens is 286 g/mol. The highest BCUT2D eigenvalue weighted by Crippen LogP contribution is 2.37. The van der Waals surface area contributed by atoms with Crippen molar-refractivity contribution in [3.63, 3.8) is 0 Å². The first-order valence-electron chi connectivity index (χ1n) is 8.24. The lowest BCUT2D eigenvalue weighted by Gasteiger charge is -2.25. The van der Waals surface area contributed by atoms with Gasteiger partial charge in [0.05, 0.1) is 0 Å². The average molecular weight is 309 g/mol. The van der Waals surface area contributed by atoms with Crippen molar-refractivity contribution in [2.75, 3.05) is 4.90 Å². The van der Waals surface area contributed by atoms with E-state index >= 15 is 0 Å². The summed E-state index contributed by atoms with van der Waals surface area (Å²) in [6, 6.07) is 12.8. The van der Waals surface area contributed by atoms with Crippen LogP contribution >= 0.6 is 0 Å². The molecule has 1 aromatic heterocycles. The number of amides is 1. The van der Waals surface area contributed by atoms with Crippen LogP contribution in [0.15, 0.2) is 42.6 Å². The van der Waals surface area contributed by atoms with Gasteiger partial charge in [0.2, 0.25) is 0 Å². The van der Waals surface area contributed by atoms with Gasteiger partial charge in [-0.1, -0.05) is 25.1 Å². The lowest BCUT2D eigenvalue weighted by atomic mass is 10.1. The minimum Gasteiger partial charge on any atom is -0.348 e. The molecule has 2 unspecified atom stereocenters. The molecule has 2 aromatic rings. The van der Waals surface area contributed by atoms with Gasteiger partial charge in [0.25, 0.3) is 5.91 Å². The molecule has 0 spiro atoms. The third kappa shape index (κ3) is 3.07. The Kier molecular flexibility index (Phi) is 4.33. The third-order valence-electron chi connectivity index (χ3n) is 4.45. The second kappa shape index (κ2) is 6.41. The predicted molar refractivity (Wildman–Crippen MR) is 93.2 cm³/mol. The van der Waals surface area contributed by atoms with Crippen LogP contribution in [0.4, 0.5) is 11.4 Å². The van der Waals surface area contributed by atoms with E-state index < -0.39 is 0 Å². The first-order chi connectivity index (χ1) is 11.1. The van der Waals surface area contributed by atoms with Gasteiger partial charge in [-0.2, -0.15) is 0 Å². The second-order valence-electron chi connectivity index (χ2n) is 6.23. The molecule has 1 amide bonds. The van der Waals surface area contributed by atoms with E-state index in [0.717, 1.165) is 18.5 Å². The van der Waals surface area contributed by atoms with Crippen molar-refractivity contribution in [1.82, 2.24) is 10.3 Å². The molecule has 1 aromatic carbocycles. The van der Waals surface area contributed by atoms with Crippen molar-refractivity contribution in [2.45, 2.75) is 45.7 Å². The molecule has 2 heterocycles. The molecule has 1 aliphatic rings. The second-order valence-corrected chi connectivity index (χ2v) is 6.23. The van der Waals surface area contributed by atoms with Crippen LogP contribution in [0.3, 0.4) is 0 Å². The lowest BCUT2D eigenvalue weighted by Crippen LogP contribution is -2.32. The number of nitrogens with one attached hydrogen (secondary N) is 1. The van der Waals surface area contributed by atoms with Gasteiger partial charge in [0.1, 0.15) is 5.69 Å². The van der Waals surface area contributed by atoms with Crippen molar-refractivity contribution in [3.8, 4) is 0 Å². The number of fused-ring (bicyclic) bond motifs is 1. The number of hydrogen-bond donors (Lipinski definition) is 1. The van der Waals surface area contributed by atoms with E-state index in [0.29, 0.717) is 11.7 Å². The summed E-state index contributed by atoms with van der Waals surface area (Å²) >= 11 is 0. The maximum atomic E-state index is 12.3. The van der Waals surface area contributed by atoms with Crippen LogP contribution in [0.1, 0.15) is 43.2 Å². The van der Waals surface area contributed by atoms with Gasteiger partial charge in [-0.25, -0.2) is 0 Å². The average Bonchev–Trinajstić information content (AvgIpc) is 2.90. The van der Waals surface area contributed by atoms with Gasteiger partial charge in [-0.15, -0.1) is 0 Å². The van der Waals surface area contributed by atoms with Crippen molar-refractivity contribution in [2.24, 2.45) is 0 Å². The van der Waals surface area contributed by atoms with Gasteiger partial charge >= 0.3 is 0 Å². The standard InChI is InChI=1S/C19H23N3O/c1-4-13(2)21-19(23)17-12-16(9-10-20-17)22-14(3)11-15-7-5-6-8-18(15)22/h5-10,12-14H,4,11H2,1-3H3,(H,21,23). The summed E-state index contributed by atoms with van der Waals surface area (Å²) in [5, 5.41) is 2.97. The van der Waals surface area contributed by atoms with Gasteiger partial charge in [-0.05, 0) is 50.5 Å². The molecule has 0 radical (unpaired) electrons. The number of anilines is 2. The number of rotatable bonds is 4. The highest BCUT2D eigenvalue weighted by Gasteiger charge is 2.27. The summed E-state index contributed by atoms with van der Waals surface area (Å²) in [4.78, 5) is 18.8. The van der Waals surface area contributed by atoms with E-state index in [9.17, 15) is 4.79 Å². The monoisotopic (exact) mass is 309 g/mol. The summed E-state index contributed by atoms with van der Waals surface area (Å²) < 4.78 is 0. The van der Waals surface area contributed by atoms with Crippen molar-refractivity contribution >= 4 is 17.3 Å². The summed E-state index contributed by atoms with van der Waals surface area (Å²) in [5.74, 6) is -0.110. The number of aromatic nitrogens is 1. The molecule has 0 saturated heterocycles. The zero-order valence-corrected chi connectivity index (χ0v) is 13.9. The Morgan fingerprint density at radius 2 is 2.17 bits per heavy atom. The Hall–Kier alpha value is -2.36. The van der Waals surface area contributed by atoms with Crippen molar-refractivity contribution in [1.29, 1.82) is 0 Å². The molecule has 4 nitrogen and oxygen atoms in total. The number of para-hydroxylation sites is 1. The largest absolute Gasteiger partial charge is 0.348 e. The van der Waals surface area contributed by atoms with Gasteiger partial charge in [0, 0.05) is 29.7 Å². The number of carbonyl (C=O) groups excluding carboxylic acids is 1. The molecule has 2 atom stereocenters. The first-order valence-corrected chi connectivity index (χ1v) is 8.24. The summed E-state index contributed by atoms with van der Waals surface area (Å²) in [6.45, 7) is 6.26. The molecule has 3 rings (SSSR count). The van der Waals surface area contributed by atoms with Crippen molar-refractivity contribution in [3.05, 3.63) is 53.9 Å². The maximum absolute atomic E-state index is 12.3. The van der Waals surface area contributed by atoms with E-state index in [1.165, 1.54) is 11.3 Å². The predicted octanol–water partition coefficient (Wildman–Crippen LogP) is 3.69. The number of nitrogens with zero attached hydrogens (tertiary/aromatic N) is 2. The van der Waals surface area contributed by atoms with E-state index in [2.05, 4.69) is 53.3 Å². The van der Waals surface area contributed by atoms with Crippen LogP contribution < -0.4 is 10.2 Å². The summed E-state index contributed by atoms with van der Waals surface area (Å²) in [6.07, 6.45) is 3.64. The van der Waals surface area contributed by atoms with Crippen LogP contribution in [0, 0.1) is 0 Å². The van der Waals surface area contributed by atoms with Gasteiger partial charge in [-0.3, -0.25) is 9.78 Å². The minimum absolute atomic E-state index is 0.110. The van der Waals surface area contributed by atoms with Crippen LogP contribution in [0.25, 0.3) is 0 Å². The zero-order valence-electron chi connectivity index (χ0n) is 13.9. The molecule has 1 N–H and O–H groups in total. The van der Waals surface area contributed by atoms with E-state index in [1.54, 1.807) is 6.20 Å². The normalized spacial score (nSPS) is 17.7. The van der Waals surface area contributed by atoms with Crippen LogP contribution in [-0.2, 0) is 6.42 Å². The van der Waals surface area contributed by atoms with Crippen molar-refractivity contribution < 1.29 is 4.79 Å². The molecule has 1 aliphatic heterocycles. The summed E-state index contributed by atoms with van der Waals surface area (Å²) in [5.41, 5.74) is 4.06. The number of benzene rings is 1. The minimum atomic E-state index is -0.110. The smallest absolute Gasteiger partial charge is 0.270 e. The summed E-state index contributed by atoms with van der Waals surface area (Å²) in [7, 11) is 0. The third-order valence-corrected chi connectivity index (χ3v) is 4.45. The Balaban J connectivity index is 1.90. The molecule has 0 aliphatic carbocycles. The SMILES string of the molecule is CCC(C)NC(=O)c1cc(N2c3ccccc3CC2C)ccn1. The zero-order chi connectivity index (χ0) is 16.4. The molecule has 0 fully saturated rings. The fraction of sp³-hybridized carbons (Fsp3) is 0.368. The molecule has 23 heavy (non-hydrogen) atoms. The molecule has 4 heteroatoms. The van der Waals surface area contributed by atoms with E-state index in [-0.39, 0.29) is 11.9 Å². The highest BCUT2D eigenvalue weighted by atomic mass is 16.1. The van der Waals surface area contributed by atoms with E-state index in [4.69, 9.17) is 0 Å². The highest BCUT2D eigenvalue weighted by molar-refractivity contribution is 5.93. The molecule has 0 saturated carbocycles. The molecule has 0 bridgehead atoms. The maximum Gasteiger partial charge on any atom is 0.270 e. The van der Waals surface area contributed by atoms with E-state index in [1.807, 2.05) is 19.1 Å².